The highest BCUT2D eigenvalue weighted by Gasteiger charge is 2.18. The Hall–Kier alpha value is -0.880. The molecule has 0 radical (unpaired) electrons. The second-order valence-corrected chi connectivity index (χ2v) is 2.81. The van der Waals surface area contributed by atoms with E-state index < -0.39 is 6.04 Å². The number of hydrogen-bond acceptors (Lipinski definition) is 3. The minimum Gasteiger partial charge on any atom is -0.300 e. The highest BCUT2D eigenvalue weighted by Crippen LogP contribution is 2.10. The van der Waals surface area contributed by atoms with Crippen molar-refractivity contribution >= 4 is 6.29 Å². The van der Waals surface area contributed by atoms with Gasteiger partial charge in [0, 0.05) is 0 Å². The number of carbonyl (C=O) groups excluding carboxylic acids is 1. The van der Waals surface area contributed by atoms with E-state index in [1.165, 1.54) is 6.42 Å². The van der Waals surface area contributed by atoms with Crippen molar-refractivity contribution in [1.82, 2.24) is 4.90 Å². The van der Waals surface area contributed by atoms with Crippen molar-refractivity contribution in [2.45, 2.75) is 25.3 Å². The standard InChI is InChI=1S/C8H12N2O/c9-6-8(7-11)10-4-2-1-3-5-10/h7-8H,1-5H2. The zero-order chi connectivity index (χ0) is 8.10. The summed E-state index contributed by atoms with van der Waals surface area (Å²) in [6.45, 7) is 1.80. The van der Waals surface area contributed by atoms with Gasteiger partial charge in [0.25, 0.3) is 0 Å². The van der Waals surface area contributed by atoms with E-state index >= 15 is 0 Å². The lowest BCUT2D eigenvalue weighted by Crippen LogP contribution is -2.39. The third-order valence-corrected chi connectivity index (χ3v) is 2.05. The van der Waals surface area contributed by atoms with Gasteiger partial charge in [0.2, 0.25) is 0 Å². The van der Waals surface area contributed by atoms with Crippen molar-refractivity contribution in [2.75, 3.05) is 13.1 Å². The number of nitriles is 1. The molecule has 0 spiro atoms. The van der Waals surface area contributed by atoms with Crippen LogP contribution in [0.1, 0.15) is 19.3 Å². The van der Waals surface area contributed by atoms with Gasteiger partial charge < -0.3 is 4.79 Å². The quantitative estimate of drug-likeness (QED) is 0.543. The number of hydrogen-bond donors (Lipinski definition) is 0. The van der Waals surface area contributed by atoms with Crippen molar-refractivity contribution in [1.29, 1.82) is 5.26 Å². The van der Waals surface area contributed by atoms with Gasteiger partial charge in [-0.2, -0.15) is 5.26 Å². The molecule has 0 aromatic heterocycles. The molecule has 0 amide bonds. The van der Waals surface area contributed by atoms with Gasteiger partial charge in [-0.25, -0.2) is 0 Å². The monoisotopic (exact) mass is 152 g/mol. The van der Waals surface area contributed by atoms with E-state index in [-0.39, 0.29) is 0 Å². The molecule has 11 heavy (non-hydrogen) atoms. The van der Waals surface area contributed by atoms with Crippen LogP contribution in [-0.4, -0.2) is 30.3 Å². The maximum absolute atomic E-state index is 10.4. The normalized spacial score (nSPS) is 22.1. The molecule has 0 saturated carbocycles. The smallest absolute Gasteiger partial charge is 0.154 e. The van der Waals surface area contributed by atoms with E-state index in [0.29, 0.717) is 0 Å². The number of nitrogens with zero attached hydrogens (tertiary/aromatic N) is 2. The summed E-state index contributed by atoms with van der Waals surface area (Å²) in [5.41, 5.74) is 0. The van der Waals surface area contributed by atoms with Gasteiger partial charge in [-0.3, -0.25) is 4.90 Å². The van der Waals surface area contributed by atoms with E-state index in [2.05, 4.69) is 0 Å². The second-order valence-electron chi connectivity index (χ2n) is 2.81. The predicted molar refractivity (Wildman–Crippen MR) is 40.9 cm³/mol. The molecule has 0 aromatic carbocycles. The maximum Gasteiger partial charge on any atom is 0.154 e. The van der Waals surface area contributed by atoms with Crippen LogP contribution in [0.15, 0.2) is 0 Å². The molecule has 0 bridgehead atoms. The summed E-state index contributed by atoms with van der Waals surface area (Å²) in [6.07, 6.45) is 4.19. The summed E-state index contributed by atoms with van der Waals surface area (Å²) in [5, 5.41) is 8.56. The Morgan fingerprint density at radius 1 is 1.36 bits per heavy atom. The van der Waals surface area contributed by atoms with Crippen LogP contribution >= 0.6 is 0 Å². The SMILES string of the molecule is N#CC(C=O)N1CCCCC1. The Kier molecular flexibility index (Phi) is 3.06. The van der Waals surface area contributed by atoms with Crippen LogP contribution in [0.2, 0.25) is 0 Å². The summed E-state index contributed by atoms with van der Waals surface area (Å²) in [7, 11) is 0. The molecule has 1 rings (SSSR count). The largest absolute Gasteiger partial charge is 0.300 e. The Balaban J connectivity index is 2.44. The Morgan fingerprint density at radius 3 is 2.45 bits per heavy atom. The Bertz CT molecular complexity index is 167. The van der Waals surface area contributed by atoms with E-state index in [1.54, 1.807) is 0 Å². The van der Waals surface area contributed by atoms with Crippen LogP contribution in [0.4, 0.5) is 0 Å². The molecule has 1 fully saturated rings. The lowest BCUT2D eigenvalue weighted by Gasteiger charge is -2.27. The van der Waals surface area contributed by atoms with E-state index in [9.17, 15) is 4.79 Å². The van der Waals surface area contributed by atoms with Gasteiger partial charge in [0.15, 0.2) is 12.3 Å². The molecule has 1 heterocycles. The molecule has 1 saturated heterocycles. The molecule has 1 aliphatic heterocycles. The third-order valence-electron chi connectivity index (χ3n) is 2.05. The lowest BCUT2D eigenvalue weighted by atomic mass is 10.1. The molecule has 0 aromatic rings. The van der Waals surface area contributed by atoms with Gasteiger partial charge in [-0.05, 0) is 25.9 Å². The number of aldehydes is 1. The predicted octanol–water partition coefficient (Wildman–Crippen LogP) is 0.563. The third kappa shape index (κ3) is 2.02. The number of likely N-dealkylation sites (tertiary alicyclic amines) is 1. The first-order chi connectivity index (χ1) is 5.38. The first kappa shape index (κ1) is 8.22. The van der Waals surface area contributed by atoms with Crippen LogP contribution in [0, 0.1) is 11.3 Å². The minimum atomic E-state index is -0.504. The topological polar surface area (TPSA) is 44.1 Å². The summed E-state index contributed by atoms with van der Waals surface area (Å²) >= 11 is 0. The Labute approximate surface area is 66.6 Å². The summed E-state index contributed by atoms with van der Waals surface area (Å²) in [5.74, 6) is 0. The average Bonchev–Trinajstić information content (AvgIpc) is 2.09. The van der Waals surface area contributed by atoms with Crippen LogP contribution in [0.25, 0.3) is 0 Å². The van der Waals surface area contributed by atoms with Gasteiger partial charge >= 0.3 is 0 Å². The van der Waals surface area contributed by atoms with Crippen LogP contribution < -0.4 is 0 Å². The Morgan fingerprint density at radius 2 is 2.00 bits per heavy atom. The van der Waals surface area contributed by atoms with E-state index in [1.807, 2.05) is 11.0 Å². The van der Waals surface area contributed by atoms with Gasteiger partial charge in [0.05, 0.1) is 6.07 Å². The fourth-order valence-electron chi connectivity index (χ4n) is 1.39. The molecular weight excluding hydrogens is 140 g/mol. The fraction of sp³-hybridized carbons (Fsp3) is 0.750. The van der Waals surface area contributed by atoms with Gasteiger partial charge in [-0.1, -0.05) is 6.42 Å². The van der Waals surface area contributed by atoms with Crippen LogP contribution in [-0.2, 0) is 4.79 Å². The number of rotatable bonds is 2. The second kappa shape index (κ2) is 4.09. The van der Waals surface area contributed by atoms with E-state index in [4.69, 9.17) is 5.26 Å². The molecule has 3 nitrogen and oxygen atoms in total. The van der Waals surface area contributed by atoms with Crippen LogP contribution in [0.5, 0.6) is 0 Å². The number of piperidine rings is 1. The van der Waals surface area contributed by atoms with Crippen molar-refractivity contribution < 1.29 is 4.79 Å². The van der Waals surface area contributed by atoms with Crippen LogP contribution in [0.3, 0.4) is 0 Å². The first-order valence-corrected chi connectivity index (χ1v) is 3.97. The molecule has 0 aliphatic carbocycles. The molecule has 3 heteroatoms. The molecule has 0 N–H and O–H groups in total. The first-order valence-electron chi connectivity index (χ1n) is 3.97. The molecule has 60 valence electrons. The summed E-state index contributed by atoms with van der Waals surface area (Å²) < 4.78 is 0. The lowest BCUT2D eigenvalue weighted by molar-refractivity contribution is -0.111. The molecular formula is C8H12N2O. The van der Waals surface area contributed by atoms with Crippen molar-refractivity contribution in [3.8, 4) is 6.07 Å². The maximum atomic E-state index is 10.4. The van der Waals surface area contributed by atoms with Crippen molar-refractivity contribution in [3.05, 3.63) is 0 Å². The molecule has 1 atom stereocenters. The van der Waals surface area contributed by atoms with Crippen molar-refractivity contribution in [3.63, 3.8) is 0 Å². The summed E-state index contributed by atoms with van der Waals surface area (Å²) in [6, 6.07) is 1.47. The molecule has 1 unspecified atom stereocenters. The van der Waals surface area contributed by atoms with Crippen molar-refractivity contribution in [2.24, 2.45) is 0 Å². The van der Waals surface area contributed by atoms with Gasteiger partial charge in [-0.15, -0.1) is 0 Å². The fourth-order valence-corrected chi connectivity index (χ4v) is 1.39. The summed E-state index contributed by atoms with van der Waals surface area (Å²) in [4.78, 5) is 12.3. The zero-order valence-electron chi connectivity index (χ0n) is 6.49. The number of carbonyl (C=O) groups is 1. The highest BCUT2D eigenvalue weighted by atomic mass is 16.1. The van der Waals surface area contributed by atoms with Gasteiger partial charge in [0.1, 0.15) is 0 Å². The molecule has 1 aliphatic rings. The average molecular weight is 152 g/mol. The zero-order valence-corrected chi connectivity index (χ0v) is 6.49. The van der Waals surface area contributed by atoms with E-state index in [0.717, 1.165) is 32.2 Å². The highest BCUT2D eigenvalue weighted by molar-refractivity contribution is 5.61. The minimum absolute atomic E-state index is 0.504.